The lowest BCUT2D eigenvalue weighted by Crippen LogP contribution is -2.36. The van der Waals surface area contributed by atoms with Crippen LogP contribution in [0.3, 0.4) is 0 Å². The molecule has 1 aliphatic carbocycles. The molecule has 1 heterocycles. The maximum atomic E-state index is 12.1. The minimum Gasteiger partial charge on any atom is -0.384 e. The number of pyridine rings is 1. The molecule has 0 bridgehead atoms. The Morgan fingerprint density at radius 1 is 1.40 bits per heavy atom. The summed E-state index contributed by atoms with van der Waals surface area (Å²) in [5, 5.41) is 24.1. The molecule has 1 saturated carbocycles. The number of rotatable bonds is 5. The van der Waals surface area contributed by atoms with E-state index in [-0.39, 0.29) is 31.0 Å². The van der Waals surface area contributed by atoms with Crippen molar-refractivity contribution in [1.82, 2.24) is 10.3 Å². The van der Waals surface area contributed by atoms with Crippen LogP contribution in [0.4, 0.5) is 5.69 Å². The van der Waals surface area contributed by atoms with Crippen molar-refractivity contribution in [3.8, 4) is 17.9 Å². The Kier molecular flexibility index (Phi) is 7.25. The van der Waals surface area contributed by atoms with Crippen LogP contribution in [0.25, 0.3) is 0 Å². The molecule has 1 amide bonds. The number of carbonyl (C=O) groups is 1. The Hall–Kier alpha value is -2.57. The summed E-state index contributed by atoms with van der Waals surface area (Å²) in [4.78, 5) is 16.3. The lowest BCUT2D eigenvalue weighted by Gasteiger charge is -2.33. The van der Waals surface area contributed by atoms with Gasteiger partial charge in [-0.1, -0.05) is 24.7 Å². The highest BCUT2D eigenvalue weighted by Crippen LogP contribution is 2.30. The van der Waals surface area contributed by atoms with Crippen molar-refractivity contribution < 1.29 is 9.90 Å². The summed E-state index contributed by atoms with van der Waals surface area (Å²) in [6.45, 7) is 1.95. The average molecular weight is 340 g/mol. The van der Waals surface area contributed by atoms with Gasteiger partial charge in [0.25, 0.3) is 0 Å². The fourth-order valence-electron chi connectivity index (χ4n) is 3.18. The number of anilines is 1. The van der Waals surface area contributed by atoms with E-state index in [2.05, 4.69) is 33.5 Å². The van der Waals surface area contributed by atoms with Gasteiger partial charge < -0.3 is 15.7 Å². The lowest BCUT2D eigenvalue weighted by atomic mass is 9.82. The Bertz CT molecular complexity index is 700. The predicted molar refractivity (Wildman–Crippen MR) is 95.5 cm³/mol. The van der Waals surface area contributed by atoms with Crippen molar-refractivity contribution in [2.75, 3.05) is 18.5 Å². The molecule has 6 heteroatoms. The largest absolute Gasteiger partial charge is 0.384 e. The molecule has 2 rings (SSSR count). The number of nitriles is 1. The van der Waals surface area contributed by atoms with Crippen LogP contribution in [0.2, 0.25) is 0 Å². The number of aryl methyl sites for hydroxylation is 1. The molecule has 3 N–H and O–H groups in total. The molecule has 0 aliphatic heterocycles. The van der Waals surface area contributed by atoms with Crippen molar-refractivity contribution in [3.63, 3.8) is 0 Å². The number of hydrogen-bond acceptors (Lipinski definition) is 5. The monoisotopic (exact) mass is 340 g/mol. The van der Waals surface area contributed by atoms with Gasteiger partial charge in [0.05, 0.1) is 17.8 Å². The molecule has 0 aromatic carbocycles. The zero-order chi connectivity index (χ0) is 18.1. The minimum atomic E-state index is -0.197. The van der Waals surface area contributed by atoms with E-state index in [9.17, 15) is 10.1 Å². The minimum absolute atomic E-state index is 0.0302. The summed E-state index contributed by atoms with van der Waals surface area (Å²) >= 11 is 0. The molecular formula is C19H24N4O2. The maximum absolute atomic E-state index is 12.1. The number of amides is 1. The summed E-state index contributed by atoms with van der Waals surface area (Å²) in [6, 6.07) is 4.22. The smallest absolute Gasteiger partial charge is 0.221 e. The van der Waals surface area contributed by atoms with Gasteiger partial charge in [-0.25, -0.2) is 0 Å². The molecule has 1 aromatic rings. The first-order valence-electron chi connectivity index (χ1n) is 8.60. The fraction of sp³-hybridized carbons (Fsp3) is 0.526. The maximum Gasteiger partial charge on any atom is 0.221 e. The quantitative estimate of drug-likeness (QED) is 0.709. The molecule has 25 heavy (non-hydrogen) atoms. The van der Waals surface area contributed by atoms with E-state index in [1.54, 1.807) is 6.20 Å². The Morgan fingerprint density at radius 2 is 2.20 bits per heavy atom. The van der Waals surface area contributed by atoms with Crippen molar-refractivity contribution in [2.45, 2.75) is 45.1 Å². The van der Waals surface area contributed by atoms with Crippen LogP contribution in [-0.4, -0.2) is 35.2 Å². The van der Waals surface area contributed by atoms with E-state index in [0.29, 0.717) is 12.0 Å². The van der Waals surface area contributed by atoms with Crippen LogP contribution in [0.1, 0.15) is 43.4 Å². The number of aromatic nitrogens is 1. The van der Waals surface area contributed by atoms with Crippen LogP contribution in [0.5, 0.6) is 0 Å². The third-order valence-electron chi connectivity index (χ3n) is 4.44. The summed E-state index contributed by atoms with van der Waals surface area (Å²) in [5.41, 5.74) is 2.17. The molecule has 132 valence electrons. The van der Waals surface area contributed by atoms with Gasteiger partial charge in [-0.3, -0.25) is 9.78 Å². The first-order valence-corrected chi connectivity index (χ1v) is 8.60. The number of nitrogens with zero attached hydrogens (tertiary/aromatic N) is 2. The van der Waals surface area contributed by atoms with Gasteiger partial charge >= 0.3 is 0 Å². The second-order valence-electron chi connectivity index (χ2n) is 6.27. The second kappa shape index (κ2) is 9.66. The van der Waals surface area contributed by atoms with Crippen LogP contribution in [0.15, 0.2) is 12.3 Å². The number of aliphatic hydroxyl groups is 1. The van der Waals surface area contributed by atoms with Crippen molar-refractivity contribution in [1.29, 1.82) is 5.26 Å². The van der Waals surface area contributed by atoms with Crippen LogP contribution in [-0.2, 0) is 4.79 Å². The van der Waals surface area contributed by atoms with Crippen molar-refractivity contribution in [2.24, 2.45) is 5.92 Å². The van der Waals surface area contributed by atoms with E-state index in [1.807, 2.05) is 13.0 Å². The average Bonchev–Trinajstić information content (AvgIpc) is 2.61. The molecule has 1 aromatic heterocycles. The van der Waals surface area contributed by atoms with Gasteiger partial charge in [0.15, 0.2) is 0 Å². The fourth-order valence-corrected chi connectivity index (χ4v) is 3.18. The van der Waals surface area contributed by atoms with Crippen LogP contribution in [0, 0.1) is 36.0 Å². The first-order chi connectivity index (χ1) is 12.1. The van der Waals surface area contributed by atoms with Gasteiger partial charge in [-0.2, -0.15) is 5.26 Å². The summed E-state index contributed by atoms with van der Waals surface area (Å²) in [7, 11) is 0. The summed E-state index contributed by atoms with van der Waals surface area (Å²) < 4.78 is 0. The SMILES string of the molecule is Cc1cc(N[C@H]2CCCC[C@H]2CC(=O)NCC#CCO)c(C#N)cn1. The van der Waals surface area contributed by atoms with E-state index >= 15 is 0 Å². The zero-order valence-corrected chi connectivity index (χ0v) is 14.5. The molecule has 0 radical (unpaired) electrons. The van der Waals surface area contributed by atoms with Crippen LogP contribution < -0.4 is 10.6 Å². The standard InChI is InChI=1S/C19H24N4O2/c1-14-10-18(16(12-20)13-22-14)23-17-7-3-2-6-15(17)11-19(25)21-8-4-5-9-24/h10,13,15,17,24H,2-3,6-9,11H2,1H3,(H,21,25)(H,22,23)/t15-,17-/m0/s1. The summed E-state index contributed by atoms with van der Waals surface area (Å²) in [5.74, 6) is 5.39. The number of aliphatic hydroxyl groups excluding tert-OH is 1. The summed E-state index contributed by atoms with van der Waals surface area (Å²) in [6.07, 6.45) is 6.21. The van der Waals surface area contributed by atoms with E-state index in [4.69, 9.17) is 5.11 Å². The van der Waals surface area contributed by atoms with Crippen LogP contribution >= 0.6 is 0 Å². The third-order valence-corrected chi connectivity index (χ3v) is 4.44. The first kappa shape index (κ1) is 18.8. The molecule has 1 fully saturated rings. The zero-order valence-electron chi connectivity index (χ0n) is 14.5. The third kappa shape index (κ3) is 5.77. The predicted octanol–water partition coefficient (Wildman–Crippen LogP) is 1.73. The van der Waals surface area contributed by atoms with Gasteiger partial charge in [-0.05, 0) is 31.7 Å². The number of nitrogens with one attached hydrogen (secondary N) is 2. The number of hydrogen-bond donors (Lipinski definition) is 3. The highest BCUT2D eigenvalue weighted by atomic mass is 16.2. The van der Waals surface area contributed by atoms with E-state index in [1.165, 1.54) is 0 Å². The van der Waals surface area contributed by atoms with Gasteiger partial charge in [0, 0.05) is 24.4 Å². The highest BCUT2D eigenvalue weighted by Gasteiger charge is 2.27. The molecule has 2 atom stereocenters. The van der Waals surface area contributed by atoms with Gasteiger partial charge in [0.1, 0.15) is 12.7 Å². The van der Waals surface area contributed by atoms with Crippen molar-refractivity contribution in [3.05, 3.63) is 23.5 Å². The molecule has 0 spiro atoms. The molecule has 0 unspecified atom stereocenters. The van der Waals surface area contributed by atoms with Gasteiger partial charge in [-0.15, -0.1) is 0 Å². The Labute approximate surface area is 148 Å². The second-order valence-corrected chi connectivity index (χ2v) is 6.27. The van der Waals surface area contributed by atoms with Gasteiger partial charge in [0.2, 0.25) is 5.91 Å². The number of carbonyl (C=O) groups excluding carboxylic acids is 1. The highest BCUT2D eigenvalue weighted by molar-refractivity contribution is 5.76. The lowest BCUT2D eigenvalue weighted by molar-refractivity contribution is -0.122. The van der Waals surface area contributed by atoms with E-state index < -0.39 is 0 Å². The molecule has 1 aliphatic rings. The molecule has 6 nitrogen and oxygen atoms in total. The van der Waals surface area contributed by atoms with E-state index in [0.717, 1.165) is 37.1 Å². The normalized spacial score (nSPS) is 19.2. The molecule has 0 saturated heterocycles. The Morgan fingerprint density at radius 3 is 2.96 bits per heavy atom. The van der Waals surface area contributed by atoms with Crippen molar-refractivity contribution >= 4 is 11.6 Å². The molecular weight excluding hydrogens is 316 g/mol. The topological polar surface area (TPSA) is 98.0 Å². The Balaban J connectivity index is 2.00.